The predicted octanol–water partition coefficient (Wildman–Crippen LogP) is 4.89. The molecule has 32 heavy (non-hydrogen) atoms. The van der Waals surface area contributed by atoms with E-state index in [0.29, 0.717) is 5.56 Å². The van der Waals surface area contributed by atoms with Crippen molar-refractivity contribution >= 4 is 35.2 Å². The fourth-order valence-corrected chi connectivity index (χ4v) is 2.53. The highest BCUT2D eigenvalue weighted by Gasteiger charge is 2.33. The Morgan fingerprint density at radius 3 is 2.25 bits per heavy atom. The van der Waals surface area contributed by atoms with Gasteiger partial charge in [0.1, 0.15) is 6.33 Å². The van der Waals surface area contributed by atoms with E-state index in [1.54, 1.807) is 42.7 Å². The van der Waals surface area contributed by atoms with E-state index in [1.807, 2.05) is 6.92 Å². The molecule has 6 nitrogen and oxygen atoms in total. The molecule has 3 N–H and O–H groups in total. The van der Waals surface area contributed by atoms with Gasteiger partial charge in [-0.05, 0) is 43.3 Å². The summed E-state index contributed by atoms with van der Waals surface area (Å²) in [5, 5.41) is 2.01. The van der Waals surface area contributed by atoms with Crippen molar-refractivity contribution in [3.8, 4) is 0 Å². The maximum atomic E-state index is 12.7. The number of halogens is 4. The molecular weight excluding hydrogens is 445 g/mol. The van der Waals surface area contributed by atoms with Gasteiger partial charge < -0.3 is 11.1 Å². The predicted molar refractivity (Wildman–Crippen MR) is 116 cm³/mol. The summed E-state index contributed by atoms with van der Waals surface area (Å²) in [4.78, 5) is 29.7. The van der Waals surface area contributed by atoms with Crippen LogP contribution < -0.4 is 11.1 Å². The van der Waals surface area contributed by atoms with E-state index in [0.717, 1.165) is 23.3 Å². The second-order valence-corrected chi connectivity index (χ2v) is 6.83. The molecule has 1 aromatic heterocycles. The molecule has 0 aliphatic rings. The number of amides is 2. The van der Waals surface area contributed by atoms with Crippen LogP contribution in [0.1, 0.15) is 27.0 Å². The number of alkyl halides is 3. The van der Waals surface area contributed by atoms with E-state index in [4.69, 9.17) is 17.3 Å². The summed E-state index contributed by atoms with van der Waals surface area (Å²) in [5.74, 6) is -0.959. The van der Waals surface area contributed by atoms with E-state index < -0.39 is 28.6 Å². The number of primary amides is 1. The van der Waals surface area contributed by atoms with Crippen LogP contribution in [0.3, 0.4) is 0 Å². The zero-order valence-electron chi connectivity index (χ0n) is 16.7. The maximum absolute atomic E-state index is 12.7. The molecule has 0 aliphatic heterocycles. The highest BCUT2D eigenvalue weighted by Crippen LogP contribution is 2.36. The van der Waals surface area contributed by atoms with Crippen molar-refractivity contribution in [1.82, 2.24) is 9.97 Å². The third kappa shape index (κ3) is 7.84. The quantitative estimate of drug-likeness (QED) is 0.539. The molecule has 0 aliphatic carbocycles. The van der Waals surface area contributed by atoms with E-state index in [2.05, 4.69) is 15.3 Å². The van der Waals surface area contributed by atoms with Crippen molar-refractivity contribution in [3.63, 3.8) is 0 Å². The van der Waals surface area contributed by atoms with Crippen LogP contribution in [0.5, 0.6) is 0 Å². The van der Waals surface area contributed by atoms with Crippen LogP contribution in [-0.4, -0.2) is 21.8 Å². The van der Waals surface area contributed by atoms with Crippen molar-refractivity contribution in [2.45, 2.75) is 13.1 Å². The Morgan fingerprint density at radius 1 is 1.06 bits per heavy atom. The van der Waals surface area contributed by atoms with Crippen LogP contribution in [-0.2, 0) is 11.0 Å². The molecule has 3 rings (SSSR count). The van der Waals surface area contributed by atoms with Crippen LogP contribution in [0.4, 0.5) is 18.9 Å². The Labute approximate surface area is 187 Å². The van der Waals surface area contributed by atoms with Crippen LogP contribution in [0, 0.1) is 6.92 Å². The molecule has 3 aromatic rings. The number of aromatic nitrogens is 2. The third-order valence-corrected chi connectivity index (χ3v) is 4.19. The number of nitrogens with one attached hydrogen (secondary N) is 1. The fourth-order valence-electron chi connectivity index (χ4n) is 2.30. The first-order valence-electron chi connectivity index (χ1n) is 9.03. The van der Waals surface area contributed by atoms with E-state index in [-0.39, 0.29) is 5.69 Å². The number of carbonyl (C=O) groups is 2. The van der Waals surface area contributed by atoms with Crippen molar-refractivity contribution in [1.29, 1.82) is 0 Å². The summed E-state index contributed by atoms with van der Waals surface area (Å²) in [6.07, 6.45) is 2.85. The monoisotopic (exact) mass is 462 g/mol. The number of nitrogens with zero attached hydrogens (tertiary/aromatic N) is 2. The zero-order valence-corrected chi connectivity index (χ0v) is 17.5. The number of hydrogen-bond donors (Lipinski definition) is 2. The second-order valence-electron chi connectivity index (χ2n) is 6.42. The Bertz CT molecular complexity index is 1100. The summed E-state index contributed by atoms with van der Waals surface area (Å²) in [7, 11) is 0. The lowest BCUT2D eigenvalue weighted by Gasteiger charge is -2.12. The molecule has 0 atom stereocenters. The summed E-state index contributed by atoms with van der Waals surface area (Å²) in [5.41, 5.74) is 6.04. The molecule has 0 spiro atoms. The van der Waals surface area contributed by atoms with Crippen molar-refractivity contribution in [2.24, 2.45) is 5.73 Å². The minimum absolute atomic E-state index is 0.0392. The van der Waals surface area contributed by atoms with Gasteiger partial charge in [-0.25, -0.2) is 9.97 Å². The Kier molecular flexibility index (Phi) is 8.48. The largest absolute Gasteiger partial charge is 0.417 e. The first-order valence-corrected chi connectivity index (χ1v) is 9.41. The van der Waals surface area contributed by atoms with Gasteiger partial charge in [-0.2, -0.15) is 13.2 Å². The van der Waals surface area contributed by atoms with Crippen LogP contribution >= 0.6 is 11.6 Å². The molecule has 1 heterocycles. The van der Waals surface area contributed by atoms with Crippen molar-refractivity contribution in [2.75, 3.05) is 5.32 Å². The SMILES string of the molecule is Cc1ccc(C(=O)Nc2ccc(Cl)c(C(F)(F)F)c2)cc1.NC(=O)C=Cc1cncnc1. The minimum Gasteiger partial charge on any atom is -0.366 e. The number of carbonyl (C=O) groups excluding carboxylic acids is 2. The van der Waals surface area contributed by atoms with E-state index >= 15 is 0 Å². The molecule has 0 unspecified atom stereocenters. The summed E-state index contributed by atoms with van der Waals surface area (Å²) in [6, 6.07) is 9.94. The lowest BCUT2D eigenvalue weighted by Crippen LogP contribution is -2.13. The normalized spacial score (nSPS) is 10.9. The number of benzene rings is 2. The highest BCUT2D eigenvalue weighted by atomic mass is 35.5. The first kappa shape index (κ1) is 24.5. The van der Waals surface area contributed by atoms with Crippen molar-refractivity contribution in [3.05, 3.63) is 94.5 Å². The van der Waals surface area contributed by atoms with Gasteiger partial charge in [0.15, 0.2) is 0 Å². The van der Waals surface area contributed by atoms with Gasteiger partial charge >= 0.3 is 6.18 Å². The Hall–Kier alpha value is -3.72. The highest BCUT2D eigenvalue weighted by molar-refractivity contribution is 6.31. The van der Waals surface area contributed by atoms with Gasteiger partial charge in [-0.1, -0.05) is 29.3 Å². The molecule has 2 aromatic carbocycles. The number of anilines is 1. The van der Waals surface area contributed by atoms with Gasteiger partial charge in [0.2, 0.25) is 5.91 Å². The molecule has 2 amide bonds. The molecular formula is C22H18ClF3N4O2. The lowest BCUT2D eigenvalue weighted by atomic mass is 10.1. The van der Waals surface area contributed by atoms with Gasteiger partial charge in [0.25, 0.3) is 5.91 Å². The van der Waals surface area contributed by atoms with Crippen LogP contribution in [0.25, 0.3) is 6.08 Å². The maximum Gasteiger partial charge on any atom is 0.417 e. The minimum atomic E-state index is -4.57. The number of nitrogens with two attached hydrogens (primary N) is 1. The van der Waals surface area contributed by atoms with Gasteiger partial charge in [0.05, 0.1) is 10.6 Å². The average molecular weight is 463 g/mol. The second kappa shape index (κ2) is 11.1. The van der Waals surface area contributed by atoms with E-state index in [1.165, 1.54) is 18.5 Å². The third-order valence-electron chi connectivity index (χ3n) is 3.86. The summed E-state index contributed by atoms with van der Waals surface area (Å²) < 4.78 is 38.2. The van der Waals surface area contributed by atoms with Crippen molar-refractivity contribution < 1.29 is 22.8 Å². The summed E-state index contributed by atoms with van der Waals surface area (Å²) in [6.45, 7) is 1.87. The van der Waals surface area contributed by atoms with Crippen LogP contribution in [0.15, 0.2) is 67.3 Å². The fraction of sp³-hybridized carbons (Fsp3) is 0.0909. The van der Waals surface area contributed by atoms with Gasteiger partial charge in [-0.3, -0.25) is 9.59 Å². The molecule has 0 bridgehead atoms. The average Bonchev–Trinajstić information content (AvgIpc) is 2.74. The molecule has 10 heteroatoms. The van der Waals surface area contributed by atoms with E-state index in [9.17, 15) is 22.8 Å². The molecule has 0 fully saturated rings. The van der Waals surface area contributed by atoms with Gasteiger partial charge in [0, 0.05) is 35.3 Å². The lowest BCUT2D eigenvalue weighted by molar-refractivity contribution is -0.137. The molecule has 0 saturated heterocycles. The topological polar surface area (TPSA) is 98.0 Å². The smallest absolute Gasteiger partial charge is 0.366 e. The molecule has 0 saturated carbocycles. The Balaban J connectivity index is 0.000000278. The molecule has 166 valence electrons. The zero-order chi connectivity index (χ0) is 23.7. The number of hydrogen-bond acceptors (Lipinski definition) is 4. The summed E-state index contributed by atoms with van der Waals surface area (Å²) >= 11 is 5.52. The first-order chi connectivity index (χ1) is 15.1. The van der Waals surface area contributed by atoms with Gasteiger partial charge in [-0.15, -0.1) is 0 Å². The standard InChI is InChI=1S/C15H11ClF3NO.C7H7N3O/c1-9-2-4-10(5-3-9)14(21)20-11-6-7-13(16)12(8-11)15(17,18)19;8-7(11)2-1-6-3-9-5-10-4-6/h2-8H,1H3,(H,20,21);1-5H,(H2,8,11). The van der Waals surface area contributed by atoms with Crippen LogP contribution in [0.2, 0.25) is 5.02 Å². The number of rotatable bonds is 4. The Morgan fingerprint density at radius 2 is 1.69 bits per heavy atom. The number of aryl methyl sites for hydroxylation is 1. The molecule has 0 radical (unpaired) electrons.